The first-order valence-corrected chi connectivity index (χ1v) is 8.91. The molecule has 2 rings (SSSR count). The van der Waals surface area contributed by atoms with Crippen molar-refractivity contribution in [1.29, 1.82) is 0 Å². The van der Waals surface area contributed by atoms with E-state index in [1.165, 1.54) is 37.4 Å². The van der Waals surface area contributed by atoms with Crippen LogP contribution in [0.15, 0.2) is 30.3 Å². The zero-order valence-corrected chi connectivity index (χ0v) is 13.2. The third kappa shape index (κ3) is 6.77. The van der Waals surface area contributed by atoms with E-state index in [0.717, 1.165) is 14.5 Å². The zero-order valence-electron chi connectivity index (χ0n) is 10.4. The van der Waals surface area contributed by atoms with Gasteiger partial charge in [0.2, 0.25) is 0 Å². The van der Waals surface area contributed by atoms with Crippen LogP contribution in [-0.2, 0) is 4.31 Å². The maximum atomic E-state index is 5.81. The normalized spacial score (nSPS) is 17.5. The minimum atomic E-state index is 0.541. The Morgan fingerprint density at radius 1 is 1.06 bits per heavy atom. The van der Waals surface area contributed by atoms with E-state index in [9.17, 15) is 0 Å². The van der Waals surface area contributed by atoms with Gasteiger partial charge in [-0.25, -0.2) is 0 Å². The van der Waals surface area contributed by atoms with Crippen LogP contribution in [0.2, 0.25) is 0 Å². The predicted octanol–water partition coefficient (Wildman–Crippen LogP) is 4.39. The summed E-state index contributed by atoms with van der Waals surface area (Å²) in [5.74, 6) is 0. The Bertz CT molecular complexity index is 276. The lowest BCUT2D eigenvalue weighted by Gasteiger charge is -2.20. The largest absolute Gasteiger partial charge is 0.339 e. The highest BCUT2D eigenvalue weighted by atomic mass is 32.1. The van der Waals surface area contributed by atoms with Crippen molar-refractivity contribution >= 4 is 35.5 Å². The van der Waals surface area contributed by atoms with Gasteiger partial charge in [-0.1, -0.05) is 49.6 Å². The van der Waals surface area contributed by atoms with Crippen LogP contribution in [-0.4, -0.2) is 11.9 Å². The molecule has 1 fully saturated rings. The smallest absolute Gasteiger partial charge is 0.0506 e. The molecule has 2 unspecified atom stereocenters. The van der Waals surface area contributed by atoms with Gasteiger partial charge >= 0.3 is 0 Å². The van der Waals surface area contributed by atoms with Gasteiger partial charge in [-0.05, 0) is 24.4 Å². The predicted molar refractivity (Wildman–Crippen MR) is 85.6 cm³/mol. The molecule has 1 nitrogen and oxygen atoms in total. The van der Waals surface area contributed by atoms with Gasteiger partial charge in [0.05, 0.1) is 8.81 Å². The average Bonchev–Trinajstić information content (AvgIpc) is 2.43. The first-order valence-electron chi connectivity index (χ1n) is 6.12. The lowest BCUT2D eigenvalue weighted by Crippen LogP contribution is -2.06. The molecule has 0 N–H and O–H groups in total. The number of rotatable bonds is 4. The van der Waals surface area contributed by atoms with Crippen LogP contribution < -0.4 is 5.30 Å². The monoisotopic (exact) mass is 288 g/mol. The van der Waals surface area contributed by atoms with Gasteiger partial charge in [0.15, 0.2) is 0 Å². The van der Waals surface area contributed by atoms with Crippen molar-refractivity contribution in [2.45, 2.75) is 37.8 Å². The summed E-state index contributed by atoms with van der Waals surface area (Å²) in [7, 11) is 1.26. The highest BCUT2D eigenvalue weighted by molar-refractivity contribution is 7.79. The fourth-order valence-corrected chi connectivity index (χ4v) is 4.24. The molecule has 17 heavy (non-hydrogen) atoms. The summed E-state index contributed by atoms with van der Waals surface area (Å²) in [6.45, 7) is 0. The van der Waals surface area contributed by atoms with Crippen LogP contribution in [0.3, 0.4) is 0 Å². The molecule has 1 aromatic carbocycles. The molecule has 0 heterocycles. The molecular weight excluding hydrogens is 266 g/mol. The van der Waals surface area contributed by atoms with E-state index in [1.807, 2.05) is 0 Å². The summed E-state index contributed by atoms with van der Waals surface area (Å²) in [6.07, 6.45) is 8.72. The topological polar surface area (TPSA) is 9.23 Å². The quantitative estimate of drug-likeness (QED) is 0.638. The van der Waals surface area contributed by atoms with Gasteiger partial charge in [-0.2, -0.15) is 12.6 Å². The van der Waals surface area contributed by atoms with Gasteiger partial charge in [0, 0.05) is 14.5 Å². The molecule has 0 saturated heterocycles. The van der Waals surface area contributed by atoms with E-state index in [0.29, 0.717) is 8.81 Å². The fourth-order valence-electron chi connectivity index (χ4n) is 1.90. The Kier molecular flexibility index (Phi) is 9.38. The standard InChI is InChI=1S/C12H18OP2.CH4S/c1-3-7-11(8-4-1)14-13-15-12-9-5-2-6-10-12;1-2/h1,3-4,7-8,12,14-15H,2,5-6,9-10H2;2H,1H3. The van der Waals surface area contributed by atoms with Crippen LogP contribution in [0.5, 0.6) is 0 Å². The van der Waals surface area contributed by atoms with E-state index >= 15 is 0 Å². The third-order valence-corrected chi connectivity index (χ3v) is 5.13. The molecule has 0 amide bonds. The van der Waals surface area contributed by atoms with E-state index in [-0.39, 0.29) is 0 Å². The zero-order chi connectivity index (χ0) is 12.3. The summed E-state index contributed by atoms with van der Waals surface area (Å²) in [6, 6.07) is 10.5. The number of benzene rings is 1. The maximum absolute atomic E-state index is 5.81. The number of thiol groups is 1. The second kappa shape index (κ2) is 10.3. The lowest BCUT2D eigenvalue weighted by atomic mass is 10.0. The Morgan fingerprint density at radius 3 is 2.35 bits per heavy atom. The molecule has 0 spiro atoms. The molecule has 1 aromatic rings. The summed E-state index contributed by atoms with van der Waals surface area (Å²) in [5.41, 5.74) is 0.856. The van der Waals surface area contributed by atoms with Gasteiger partial charge in [-0.3, -0.25) is 0 Å². The molecular formula is C13H22OP2S. The van der Waals surface area contributed by atoms with Crippen LogP contribution in [0.1, 0.15) is 32.1 Å². The molecule has 1 aliphatic rings. The van der Waals surface area contributed by atoms with Crippen LogP contribution >= 0.6 is 30.2 Å². The Morgan fingerprint density at radius 2 is 1.71 bits per heavy atom. The van der Waals surface area contributed by atoms with Crippen molar-refractivity contribution in [3.63, 3.8) is 0 Å². The van der Waals surface area contributed by atoms with Crippen molar-refractivity contribution in [2.75, 3.05) is 6.26 Å². The van der Waals surface area contributed by atoms with E-state index in [2.05, 4.69) is 43.0 Å². The van der Waals surface area contributed by atoms with Crippen molar-refractivity contribution in [3.8, 4) is 0 Å². The minimum absolute atomic E-state index is 0.541. The third-order valence-electron chi connectivity index (χ3n) is 2.77. The van der Waals surface area contributed by atoms with Crippen LogP contribution in [0.4, 0.5) is 0 Å². The van der Waals surface area contributed by atoms with Crippen molar-refractivity contribution in [2.24, 2.45) is 0 Å². The highest BCUT2D eigenvalue weighted by Gasteiger charge is 2.13. The van der Waals surface area contributed by atoms with Gasteiger partial charge in [0.1, 0.15) is 0 Å². The van der Waals surface area contributed by atoms with Crippen LogP contribution in [0.25, 0.3) is 0 Å². The number of hydrogen-bond donors (Lipinski definition) is 1. The van der Waals surface area contributed by atoms with E-state index in [4.69, 9.17) is 4.31 Å². The van der Waals surface area contributed by atoms with Crippen LogP contribution in [0, 0.1) is 0 Å². The molecule has 96 valence electrons. The van der Waals surface area contributed by atoms with Crippen molar-refractivity contribution in [1.82, 2.24) is 0 Å². The number of hydrogen-bond acceptors (Lipinski definition) is 2. The molecule has 0 bridgehead atoms. The highest BCUT2D eigenvalue weighted by Crippen LogP contribution is 2.37. The molecule has 1 aliphatic carbocycles. The Balaban J connectivity index is 0.000000686. The summed E-state index contributed by atoms with van der Waals surface area (Å²) in [5, 5.41) is 1.32. The minimum Gasteiger partial charge on any atom is -0.339 e. The Labute approximate surface area is 114 Å². The summed E-state index contributed by atoms with van der Waals surface area (Å²) >= 11 is 3.53. The van der Waals surface area contributed by atoms with Crippen molar-refractivity contribution in [3.05, 3.63) is 30.3 Å². The molecule has 4 heteroatoms. The molecule has 0 radical (unpaired) electrons. The van der Waals surface area contributed by atoms with E-state index < -0.39 is 0 Å². The molecule has 0 aliphatic heterocycles. The SMILES string of the molecule is CS.c1ccc(POPC2CCCCC2)cc1. The first-order chi connectivity index (χ1) is 8.45. The summed E-state index contributed by atoms with van der Waals surface area (Å²) < 4.78 is 5.81. The molecule has 1 saturated carbocycles. The van der Waals surface area contributed by atoms with Gasteiger partial charge < -0.3 is 4.31 Å². The Hall–Kier alpha value is 0.390. The lowest BCUT2D eigenvalue weighted by molar-refractivity contribution is 0.501. The summed E-state index contributed by atoms with van der Waals surface area (Å²) in [4.78, 5) is 0. The average molecular weight is 288 g/mol. The second-order valence-corrected chi connectivity index (χ2v) is 6.67. The van der Waals surface area contributed by atoms with Gasteiger partial charge in [-0.15, -0.1) is 0 Å². The van der Waals surface area contributed by atoms with Gasteiger partial charge in [0.25, 0.3) is 0 Å². The molecule has 0 aromatic heterocycles. The fraction of sp³-hybridized carbons (Fsp3) is 0.538. The molecule has 2 atom stereocenters. The first kappa shape index (κ1) is 15.4. The van der Waals surface area contributed by atoms with E-state index in [1.54, 1.807) is 6.26 Å². The maximum Gasteiger partial charge on any atom is 0.0506 e. The van der Waals surface area contributed by atoms with Crippen molar-refractivity contribution < 1.29 is 4.31 Å². The second-order valence-electron chi connectivity index (χ2n) is 4.02.